The van der Waals surface area contributed by atoms with Gasteiger partial charge in [0.05, 0.1) is 90.6 Å². The summed E-state index contributed by atoms with van der Waals surface area (Å²) in [4.78, 5) is 0. The van der Waals surface area contributed by atoms with Crippen molar-refractivity contribution in [3.63, 3.8) is 0 Å². The molecule has 7 fully saturated rings. The number of fused-ring (bicyclic) bond motifs is 7. The number of aliphatic hydroxyl groups excluding tert-OH is 1. The second kappa shape index (κ2) is 21.6. The second-order valence-electron chi connectivity index (χ2n) is 30.9. The highest BCUT2D eigenvalue weighted by molar-refractivity contribution is 6.99. The third-order valence-corrected chi connectivity index (χ3v) is 35.8. The highest BCUT2D eigenvalue weighted by Crippen LogP contribution is 2.55. The van der Waals surface area contributed by atoms with Gasteiger partial charge >= 0.3 is 0 Å². The maximum atomic E-state index is 12.0. The van der Waals surface area contributed by atoms with E-state index in [0.29, 0.717) is 45.3 Å². The Labute approximate surface area is 485 Å². The Kier molecular flexibility index (Phi) is 16.6. The molecule has 8 aliphatic rings. The third-order valence-electron chi connectivity index (χ3n) is 21.7. The Bertz CT molecular complexity index is 2460. The minimum absolute atomic E-state index is 0.00967. The van der Waals surface area contributed by atoms with Gasteiger partial charge in [-0.15, -0.1) is 0 Å². The number of aliphatic hydroxyl groups is 1. The Balaban J connectivity index is 0.796. The summed E-state index contributed by atoms with van der Waals surface area (Å²) in [5, 5.41) is 14.6. The van der Waals surface area contributed by atoms with Crippen molar-refractivity contribution in [3.8, 4) is 0 Å². The van der Waals surface area contributed by atoms with Gasteiger partial charge in [-0.1, -0.05) is 135 Å². The molecule has 0 saturated carbocycles. The zero-order valence-electron chi connectivity index (χ0n) is 52.4. The van der Waals surface area contributed by atoms with Crippen molar-refractivity contribution < 1.29 is 56.3 Å². The zero-order valence-corrected chi connectivity index (χ0v) is 55.4. The first-order chi connectivity index (χ1) is 37.1. The van der Waals surface area contributed by atoms with E-state index < -0.39 is 59.1 Å². The van der Waals surface area contributed by atoms with Crippen molar-refractivity contribution in [2.24, 2.45) is 0 Å². The number of rotatable bonds is 12. The molecular weight excluding hydrogens is 1060 g/mol. The molecule has 0 bridgehead atoms. The molecule has 15 heteroatoms. The van der Waals surface area contributed by atoms with Crippen molar-refractivity contribution in [1.29, 1.82) is 0 Å². The lowest BCUT2D eigenvalue weighted by atomic mass is 9.72. The predicted molar refractivity (Wildman–Crippen MR) is 322 cm³/mol. The van der Waals surface area contributed by atoms with Gasteiger partial charge in [0, 0.05) is 45.1 Å². The van der Waals surface area contributed by atoms with Gasteiger partial charge in [-0.05, 0) is 112 Å². The Morgan fingerprint density at radius 3 is 1.82 bits per heavy atom. The monoisotopic (exact) mass is 1160 g/mol. The maximum Gasteiger partial charge on any atom is 0.261 e. The number of benzene rings is 2. The third kappa shape index (κ3) is 11.4. The molecule has 0 unspecified atom stereocenters. The lowest BCUT2D eigenvalue weighted by Gasteiger charge is -2.61. The van der Waals surface area contributed by atoms with E-state index in [0.717, 1.165) is 32.1 Å². The van der Waals surface area contributed by atoms with E-state index in [1.807, 2.05) is 6.92 Å². The molecule has 18 atom stereocenters. The van der Waals surface area contributed by atoms with Crippen LogP contribution in [0.25, 0.3) is 0 Å². The molecule has 8 heterocycles. The van der Waals surface area contributed by atoms with Crippen molar-refractivity contribution in [2.45, 2.75) is 310 Å². The van der Waals surface area contributed by atoms with Crippen LogP contribution in [-0.4, -0.2) is 151 Å². The summed E-state index contributed by atoms with van der Waals surface area (Å²) in [7, 11) is -7.04. The van der Waals surface area contributed by atoms with Crippen molar-refractivity contribution in [3.05, 3.63) is 72.8 Å². The van der Waals surface area contributed by atoms with Crippen LogP contribution in [-0.2, 0) is 51.2 Å². The molecule has 1 N–H and O–H groups in total. The van der Waals surface area contributed by atoms with E-state index in [1.54, 1.807) is 0 Å². The van der Waals surface area contributed by atoms with Crippen LogP contribution in [0.3, 0.4) is 0 Å². The van der Waals surface area contributed by atoms with Crippen LogP contribution in [0, 0.1) is 0 Å². The van der Waals surface area contributed by atoms with Gasteiger partial charge in [0.2, 0.25) is 0 Å². The first kappa shape index (κ1) is 61.4. The maximum absolute atomic E-state index is 12.0. The molecule has 0 aliphatic carbocycles. The number of hydrogen-bond donors (Lipinski definition) is 1. The summed E-state index contributed by atoms with van der Waals surface area (Å²) in [6, 6.07) is 21.6. The summed E-state index contributed by atoms with van der Waals surface area (Å²) in [6.07, 6.45) is 8.39. The molecule has 0 amide bonds. The number of hydrogen-bond acceptors (Lipinski definition) is 12. The Morgan fingerprint density at radius 2 is 1.20 bits per heavy atom. The summed E-state index contributed by atoms with van der Waals surface area (Å²) in [6.45, 7) is 41.9. The minimum atomic E-state index is -2.67. The largest absolute Gasteiger partial charge is 0.414 e. The standard InChI is InChI=1S/C65H104O12Si3/c1-58(2,3)78(15,16)68-41-57-61(10,77-79(17,18)59(4,5)6)34-33-47-49(72-57)38-54-64(13,74-47)42-63(12)53(73-54)32-31-46-50(75-63)37-48-51(70-46)40-62(11)55(71-48)39-56-65(14,76-62)52(66)36-43(69-56)26-25-35-67-80(60(7,8)9,44-27-21-19-22-28-44)45-29-23-20-24-30-45/h19-24,27-30,33-34,43,46-57,66H,25-26,31-32,35-42H2,1-18H3/t43-,46+,47+,48+,49-,50-,51-,52-,53-,54+,55-,56+,57+,61-,62+,63+,64-,65-/m0/s1. The molecule has 0 radical (unpaired) electrons. The SMILES string of the molecule is CC(C)(C)[Si](C)(C)OC[C@H]1O[C@H]2C[C@H]3O[C@H]4CC[C@H]5O[C@H]6C[C@@]7(C)O[C@@]8(C)[C@@H](O)C[C@H](CCCO[Si](c9ccccc9)(c9ccccc9)C(C)(C)C)O[C@@H]8C[C@@H]7O[C@@H]6C[C@@H]5O[C@]4(C)C[C@]3(C)O[C@@H]2C=C[C@]1(C)O[Si](C)(C)C(C)(C)C. The van der Waals surface area contributed by atoms with E-state index in [-0.39, 0.29) is 88.4 Å². The fourth-order valence-electron chi connectivity index (χ4n) is 14.9. The van der Waals surface area contributed by atoms with Crippen molar-refractivity contribution >= 4 is 35.3 Å². The van der Waals surface area contributed by atoms with Crippen LogP contribution in [0.4, 0.5) is 0 Å². The van der Waals surface area contributed by atoms with Gasteiger partial charge < -0.3 is 56.3 Å². The average Bonchev–Trinajstić information content (AvgIpc) is 3.66. The predicted octanol–water partition coefficient (Wildman–Crippen LogP) is 11.9. The van der Waals surface area contributed by atoms with Crippen molar-refractivity contribution in [1.82, 2.24) is 0 Å². The van der Waals surface area contributed by atoms with Crippen molar-refractivity contribution in [2.75, 3.05) is 13.2 Å². The molecule has 80 heavy (non-hydrogen) atoms. The molecule has 8 aliphatic heterocycles. The van der Waals surface area contributed by atoms with E-state index >= 15 is 0 Å². The fraction of sp³-hybridized carbons (Fsp3) is 0.785. The van der Waals surface area contributed by atoms with Crippen LogP contribution in [0.5, 0.6) is 0 Å². The number of ether oxygens (including phenoxy) is 8. The topological polar surface area (TPSA) is 122 Å². The van der Waals surface area contributed by atoms with Crippen LogP contribution >= 0.6 is 0 Å². The molecule has 448 valence electrons. The molecule has 2 aromatic rings. The highest BCUT2D eigenvalue weighted by atomic mass is 28.4. The molecule has 2 aromatic carbocycles. The lowest BCUT2D eigenvalue weighted by molar-refractivity contribution is -0.369. The van der Waals surface area contributed by atoms with E-state index in [9.17, 15) is 5.11 Å². The highest BCUT2D eigenvalue weighted by Gasteiger charge is 2.65. The van der Waals surface area contributed by atoms with E-state index in [4.69, 9.17) is 51.2 Å². The molecule has 0 spiro atoms. The van der Waals surface area contributed by atoms with E-state index in [2.05, 4.69) is 189 Å². The minimum Gasteiger partial charge on any atom is -0.414 e. The first-order valence-corrected chi connectivity index (χ1v) is 38.6. The summed E-state index contributed by atoms with van der Waals surface area (Å²) in [5.41, 5.74) is -3.50. The normalized spacial score (nSPS) is 41.6. The smallest absolute Gasteiger partial charge is 0.261 e. The quantitative estimate of drug-likeness (QED) is 0.124. The molecule has 0 aromatic heterocycles. The molecule has 7 saturated heterocycles. The zero-order chi connectivity index (χ0) is 57.9. The van der Waals surface area contributed by atoms with Gasteiger partial charge in [0.15, 0.2) is 16.6 Å². The van der Waals surface area contributed by atoms with Gasteiger partial charge in [-0.3, -0.25) is 0 Å². The van der Waals surface area contributed by atoms with Crippen LogP contribution in [0.2, 0.25) is 41.3 Å². The van der Waals surface area contributed by atoms with Crippen LogP contribution in [0.1, 0.15) is 161 Å². The fourth-order valence-corrected chi connectivity index (χ4v) is 22.1. The van der Waals surface area contributed by atoms with Gasteiger partial charge in [0.1, 0.15) is 23.4 Å². The summed E-state index contributed by atoms with van der Waals surface area (Å²) in [5.74, 6) is 0. The summed E-state index contributed by atoms with van der Waals surface area (Å²) < 4.78 is 79.3. The van der Waals surface area contributed by atoms with Gasteiger partial charge in [-0.2, -0.15) is 0 Å². The molecule has 12 nitrogen and oxygen atoms in total. The Morgan fingerprint density at radius 1 is 0.575 bits per heavy atom. The summed E-state index contributed by atoms with van der Waals surface area (Å²) >= 11 is 0. The molecule has 10 rings (SSSR count). The molecular formula is C65H104O12Si3. The second-order valence-corrected chi connectivity index (χ2v) is 44.7. The van der Waals surface area contributed by atoms with E-state index in [1.165, 1.54) is 10.4 Å². The lowest BCUT2D eigenvalue weighted by Crippen LogP contribution is -2.72. The Hall–Kier alpha value is -1.65. The average molecular weight is 1160 g/mol. The van der Waals surface area contributed by atoms with Crippen LogP contribution in [0.15, 0.2) is 72.8 Å². The van der Waals surface area contributed by atoms with Gasteiger partial charge in [0.25, 0.3) is 8.32 Å². The first-order valence-electron chi connectivity index (χ1n) is 30.9. The van der Waals surface area contributed by atoms with Gasteiger partial charge in [-0.25, -0.2) is 0 Å². The van der Waals surface area contributed by atoms with Crippen LogP contribution < -0.4 is 10.4 Å².